The van der Waals surface area contributed by atoms with Crippen LogP contribution in [0.4, 0.5) is 5.82 Å². The predicted molar refractivity (Wildman–Crippen MR) is 116 cm³/mol. The van der Waals surface area contributed by atoms with E-state index in [0.29, 0.717) is 11.5 Å². The third-order valence-electron chi connectivity index (χ3n) is 5.42. The van der Waals surface area contributed by atoms with Gasteiger partial charge in [-0.25, -0.2) is 4.98 Å². The fraction of sp³-hybridized carbons (Fsp3) is 0.304. The van der Waals surface area contributed by atoms with Gasteiger partial charge in [-0.05, 0) is 49.6 Å². The van der Waals surface area contributed by atoms with Crippen LogP contribution in [0, 0.1) is 6.92 Å². The second-order valence-corrected chi connectivity index (χ2v) is 7.78. The molecule has 0 atom stereocenters. The second-order valence-electron chi connectivity index (χ2n) is 7.78. The van der Waals surface area contributed by atoms with E-state index in [1.807, 2.05) is 49.4 Å². The van der Waals surface area contributed by atoms with Crippen molar-refractivity contribution >= 4 is 17.6 Å². The highest BCUT2D eigenvalue weighted by molar-refractivity contribution is 5.92. The van der Waals surface area contributed by atoms with Crippen molar-refractivity contribution in [1.82, 2.24) is 20.5 Å². The third-order valence-corrected chi connectivity index (χ3v) is 5.42. The Balaban J connectivity index is 1.25. The van der Waals surface area contributed by atoms with Crippen molar-refractivity contribution in [3.05, 3.63) is 71.2 Å². The first kappa shape index (κ1) is 20.6. The van der Waals surface area contributed by atoms with Crippen molar-refractivity contribution in [3.8, 4) is 5.75 Å². The summed E-state index contributed by atoms with van der Waals surface area (Å²) < 4.78 is 5.13. The number of carbonyl (C=O) groups is 2. The van der Waals surface area contributed by atoms with Gasteiger partial charge in [-0.2, -0.15) is 5.10 Å². The van der Waals surface area contributed by atoms with Crippen LogP contribution in [0.25, 0.3) is 0 Å². The highest BCUT2D eigenvalue weighted by Gasteiger charge is 2.33. The summed E-state index contributed by atoms with van der Waals surface area (Å²) in [6.07, 6.45) is 1.90. The summed E-state index contributed by atoms with van der Waals surface area (Å²) >= 11 is 0. The quantitative estimate of drug-likeness (QED) is 0.546. The maximum absolute atomic E-state index is 12.3. The summed E-state index contributed by atoms with van der Waals surface area (Å²) in [6, 6.07) is 14.8. The molecule has 0 aliphatic heterocycles. The van der Waals surface area contributed by atoms with Crippen molar-refractivity contribution in [1.29, 1.82) is 0 Å². The van der Waals surface area contributed by atoms with Gasteiger partial charge in [0.25, 0.3) is 5.91 Å². The fourth-order valence-electron chi connectivity index (χ4n) is 3.64. The molecule has 0 saturated heterocycles. The van der Waals surface area contributed by atoms with Gasteiger partial charge in [0.15, 0.2) is 5.82 Å². The summed E-state index contributed by atoms with van der Waals surface area (Å²) in [5.74, 6) is 1.25. The van der Waals surface area contributed by atoms with E-state index in [1.165, 1.54) is 0 Å². The molecule has 1 aromatic carbocycles. The Bertz CT molecular complexity index is 1070. The number of aromatic nitrogens is 3. The molecule has 2 aromatic heterocycles. The number of amides is 2. The van der Waals surface area contributed by atoms with Crippen LogP contribution in [0.2, 0.25) is 0 Å². The molecule has 1 aliphatic rings. The lowest BCUT2D eigenvalue weighted by Gasteiger charge is -2.34. The summed E-state index contributed by atoms with van der Waals surface area (Å²) in [6.45, 7) is 1.86. The van der Waals surface area contributed by atoms with Crippen molar-refractivity contribution in [3.63, 3.8) is 0 Å². The lowest BCUT2D eigenvalue weighted by atomic mass is 9.78. The average Bonchev–Trinajstić information content (AvgIpc) is 3.18. The third kappa shape index (κ3) is 5.09. The number of ether oxygens (including phenoxy) is 1. The number of hydrogen-bond donors (Lipinski definition) is 3. The van der Waals surface area contributed by atoms with Gasteiger partial charge in [0.2, 0.25) is 5.91 Å². The first-order valence-corrected chi connectivity index (χ1v) is 10.2. The monoisotopic (exact) mass is 419 g/mol. The lowest BCUT2D eigenvalue weighted by molar-refractivity contribution is -0.115. The number of H-pyrrole nitrogens is 1. The van der Waals surface area contributed by atoms with Gasteiger partial charge >= 0.3 is 0 Å². The minimum absolute atomic E-state index is 0.108. The van der Waals surface area contributed by atoms with Crippen molar-refractivity contribution < 1.29 is 14.3 Å². The number of hydrogen-bond acceptors (Lipinski definition) is 5. The highest BCUT2D eigenvalue weighted by Crippen LogP contribution is 2.36. The normalized spacial score (nSPS) is 17.5. The molecule has 3 aromatic rings. The molecule has 2 heterocycles. The second kappa shape index (κ2) is 8.99. The summed E-state index contributed by atoms with van der Waals surface area (Å²) in [7, 11) is 1.61. The Hall–Kier alpha value is -3.68. The molecule has 8 heteroatoms. The first-order chi connectivity index (χ1) is 15.0. The van der Waals surface area contributed by atoms with E-state index in [9.17, 15) is 9.59 Å². The first-order valence-electron chi connectivity index (χ1n) is 10.2. The number of rotatable bonds is 7. The molecular formula is C23H25N5O3. The summed E-state index contributed by atoms with van der Waals surface area (Å²) in [4.78, 5) is 28.8. The number of anilines is 1. The number of nitrogens with one attached hydrogen (secondary N) is 3. The van der Waals surface area contributed by atoms with Crippen LogP contribution in [0.1, 0.15) is 46.2 Å². The van der Waals surface area contributed by atoms with E-state index in [2.05, 4.69) is 25.8 Å². The van der Waals surface area contributed by atoms with Crippen molar-refractivity contribution in [2.24, 2.45) is 0 Å². The van der Waals surface area contributed by atoms with E-state index in [4.69, 9.17) is 4.74 Å². The molecule has 1 saturated carbocycles. The Morgan fingerprint density at radius 3 is 2.65 bits per heavy atom. The van der Waals surface area contributed by atoms with E-state index in [1.54, 1.807) is 13.2 Å². The zero-order valence-corrected chi connectivity index (χ0v) is 17.5. The van der Waals surface area contributed by atoms with Gasteiger partial charge in [0.1, 0.15) is 11.4 Å². The van der Waals surface area contributed by atoms with E-state index >= 15 is 0 Å². The molecule has 31 heavy (non-hydrogen) atoms. The lowest BCUT2D eigenvalue weighted by Crippen LogP contribution is -2.43. The molecule has 0 radical (unpaired) electrons. The number of pyridine rings is 1. The molecule has 1 fully saturated rings. The van der Waals surface area contributed by atoms with E-state index < -0.39 is 0 Å². The van der Waals surface area contributed by atoms with Gasteiger partial charge < -0.3 is 15.4 Å². The number of nitrogens with zero attached hydrogens (tertiary/aromatic N) is 2. The molecule has 1 aliphatic carbocycles. The molecule has 160 valence electrons. The number of methoxy groups -OCH3 is 1. The van der Waals surface area contributed by atoms with Crippen LogP contribution in [-0.4, -0.2) is 40.1 Å². The Kier molecular flexibility index (Phi) is 5.97. The topological polar surface area (TPSA) is 109 Å². The van der Waals surface area contributed by atoms with Gasteiger partial charge in [0.05, 0.1) is 13.5 Å². The number of aromatic amines is 1. The zero-order valence-electron chi connectivity index (χ0n) is 17.5. The minimum Gasteiger partial charge on any atom is -0.497 e. The SMILES string of the molecule is COc1ccc(CC(=O)Nc2cc(C3CC(NC(=O)c4cccc(C)n4)C3)[nH]n2)cc1. The molecule has 0 bridgehead atoms. The van der Waals surface area contributed by atoms with Crippen molar-refractivity contribution in [2.75, 3.05) is 12.4 Å². The van der Waals surface area contributed by atoms with E-state index in [-0.39, 0.29) is 30.2 Å². The molecule has 0 spiro atoms. The van der Waals surface area contributed by atoms with Crippen molar-refractivity contribution in [2.45, 2.75) is 38.1 Å². The van der Waals surface area contributed by atoms with Crippen LogP contribution in [0.3, 0.4) is 0 Å². The standard InChI is InChI=1S/C23H25N5O3/c1-14-4-3-5-19(24-14)23(30)25-17-11-16(12-17)20-13-21(28-27-20)26-22(29)10-15-6-8-18(31-2)9-7-15/h3-9,13,16-17H,10-12H2,1-2H3,(H,25,30)(H2,26,27,28,29). The van der Waals surface area contributed by atoms with Crippen LogP contribution >= 0.6 is 0 Å². The van der Waals surface area contributed by atoms with Gasteiger partial charge in [-0.3, -0.25) is 14.7 Å². The number of aryl methyl sites for hydroxylation is 1. The van der Waals surface area contributed by atoms with Crippen LogP contribution < -0.4 is 15.4 Å². The smallest absolute Gasteiger partial charge is 0.270 e. The van der Waals surface area contributed by atoms with Crippen LogP contribution in [0.5, 0.6) is 5.75 Å². The Morgan fingerprint density at radius 2 is 1.94 bits per heavy atom. The molecule has 2 amide bonds. The maximum atomic E-state index is 12.3. The minimum atomic E-state index is -0.150. The molecule has 3 N–H and O–H groups in total. The Labute approximate surface area is 180 Å². The van der Waals surface area contributed by atoms with Crippen LogP contribution in [0.15, 0.2) is 48.5 Å². The molecule has 4 rings (SSSR count). The predicted octanol–water partition coefficient (Wildman–Crippen LogP) is 2.98. The Morgan fingerprint density at radius 1 is 1.16 bits per heavy atom. The number of carbonyl (C=O) groups excluding carboxylic acids is 2. The largest absolute Gasteiger partial charge is 0.497 e. The number of benzene rings is 1. The zero-order chi connectivity index (χ0) is 21.8. The maximum Gasteiger partial charge on any atom is 0.270 e. The fourth-order valence-corrected chi connectivity index (χ4v) is 3.64. The summed E-state index contributed by atoms with van der Waals surface area (Å²) in [5, 5.41) is 13.0. The summed E-state index contributed by atoms with van der Waals surface area (Å²) in [5.41, 5.74) is 3.11. The average molecular weight is 419 g/mol. The molecule has 0 unspecified atom stereocenters. The molecule has 8 nitrogen and oxygen atoms in total. The highest BCUT2D eigenvalue weighted by atomic mass is 16.5. The van der Waals surface area contributed by atoms with E-state index in [0.717, 1.165) is 35.5 Å². The van der Waals surface area contributed by atoms with Gasteiger partial charge in [-0.15, -0.1) is 0 Å². The van der Waals surface area contributed by atoms with Gasteiger partial charge in [-0.1, -0.05) is 18.2 Å². The van der Waals surface area contributed by atoms with Crippen LogP contribution in [-0.2, 0) is 11.2 Å². The van der Waals surface area contributed by atoms with Gasteiger partial charge in [0, 0.05) is 29.4 Å². The molecular weight excluding hydrogens is 394 g/mol.